The van der Waals surface area contributed by atoms with E-state index in [4.69, 9.17) is 4.74 Å². The standard InChI is InChI=1S/C19H18F3N5O3/c1-13(14-7-9-16(10-8-14)30-19(20,21)22)23-18(28)11-27-25-17(24-26-27)12-29-15-5-3-2-4-6-15/h2-10,13H,11-12H2,1H3,(H,23,28). The van der Waals surface area contributed by atoms with Crippen LogP contribution in [0.2, 0.25) is 0 Å². The number of para-hydroxylation sites is 1. The number of tetrazole rings is 1. The molecule has 3 aromatic rings. The fourth-order valence-electron chi connectivity index (χ4n) is 2.52. The van der Waals surface area contributed by atoms with Crippen molar-refractivity contribution in [2.45, 2.75) is 32.5 Å². The van der Waals surface area contributed by atoms with Crippen LogP contribution in [0, 0.1) is 0 Å². The molecule has 1 atom stereocenters. The van der Waals surface area contributed by atoms with Crippen LogP contribution in [0.25, 0.3) is 0 Å². The maximum Gasteiger partial charge on any atom is 0.573 e. The first kappa shape index (κ1) is 21.1. The number of benzene rings is 2. The van der Waals surface area contributed by atoms with Gasteiger partial charge in [0.05, 0.1) is 6.04 Å². The maximum absolute atomic E-state index is 12.2. The Morgan fingerprint density at radius 3 is 2.47 bits per heavy atom. The molecule has 0 fully saturated rings. The van der Waals surface area contributed by atoms with Crippen LogP contribution >= 0.6 is 0 Å². The molecule has 0 saturated heterocycles. The summed E-state index contributed by atoms with van der Waals surface area (Å²) in [5.74, 6) is 0.264. The highest BCUT2D eigenvalue weighted by Gasteiger charge is 2.31. The number of nitrogens with one attached hydrogen (secondary N) is 1. The van der Waals surface area contributed by atoms with Gasteiger partial charge in [-0.2, -0.15) is 4.80 Å². The number of amides is 1. The Morgan fingerprint density at radius 2 is 1.80 bits per heavy atom. The molecule has 0 radical (unpaired) electrons. The molecule has 1 heterocycles. The molecule has 0 aliphatic heterocycles. The van der Waals surface area contributed by atoms with Crippen molar-refractivity contribution in [2.24, 2.45) is 0 Å². The van der Waals surface area contributed by atoms with Crippen LogP contribution in [0.1, 0.15) is 24.4 Å². The third-order valence-corrected chi connectivity index (χ3v) is 3.88. The van der Waals surface area contributed by atoms with E-state index >= 15 is 0 Å². The van der Waals surface area contributed by atoms with E-state index in [1.54, 1.807) is 19.1 Å². The summed E-state index contributed by atoms with van der Waals surface area (Å²) in [7, 11) is 0. The Labute approximate surface area is 169 Å². The summed E-state index contributed by atoms with van der Waals surface area (Å²) >= 11 is 0. The third-order valence-electron chi connectivity index (χ3n) is 3.88. The van der Waals surface area contributed by atoms with Gasteiger partial charge in [0.1, 0.15) is 18.0 Å². The summed E-state index contributed by atoms with van der Waals surface area (Å²) in [5.41, 5.74) is 0.612. The highest BCUT2D eigenvalue weighted by molar-refractivity contribution is 5.76. The molecule has 1 aromatic heterocycles. The average molecular weight is 421 g/mol. The fraction of sp³-hybridized carbons (Fsp3) is 0.263. The summed E-state index contributed by atoms with van der Waals surface area (Å²) in [6.45, 7) is 1.64. The number of carbonyl (C=O) groups is 1. The van der Waals surface area contributed by atoms with Gasteiger partial charge in [0.25, 0.3) is 0 Å². The van der Waals surface area contributed by atoms with Crippen molar-refractivity contribution < 1.29 is 27.4 Å². The molecule has 11 heteroatoms. The first-order valence-corrected chi connectivity index (χ1v) is 8.88. The van der Waals surface area contributed by atoms with Crippen LogP contribution in [0.5, 0.6) is 11.5 Å². The number of alkyl halides is 3. The average Bonchev–Trinajstić information content (AvgIpc) is 3.13. The Bertz CT molecular complexity index is 962. The molecule has 1 amide bonds. The molecule has 2 aromatic carbocycles. The third kappa shape index (κ3) is 6.47. The highest BCUT2D eigenvalue weighted by atomic mass is 19.4. The zero-order valence-electron chi connectivity index (χ0n) is 15.8. The van der Waals surface area contributed by atoms with Crippen molar-refractivity contribution in [3.8, 4) is 11.5 Å². The molecule has 0 aliphatic carbocycles. The molecule has 3 rings (SSSR count). The van der Waals surface area contributed by atoms with Crippen LogP contribution in [0.15, 0.2) is 54.6 Å². The van der Waals surface area contributed by atoms with Gasteiger partial charge in [-0.05, 0) is 42.0 Å². The number of rotatable bonds is 8. The van der Waals surface area contributed by atoms with E-state index in [1.807, 2.05) is 18.2 Å². The number of ether oxygens (including phenoxy) is 2. The number of aromatic nitrogens is 4. The SMILES string of the molecule is CC(NC(=O)Cn1nnc(COc2ccccc2)n1)c1ccc(OC(F)(F)F)cc1. The van der Waals surface area contributed by atoms with Crippen molar-refractivity contribution in [3.05, 3.63) is 66.0 Å². The monoisotopic (exact) mass is 421 g/mol. The molecule has 0 spiro atoms. The zero-order chi connectivity index (χ0) is 21.6. The largest absolute Gasteiger partial charge is 0.573 e. The predicted octanol–water partition coefficient (Wildman–Crippen LogP) is 3.03. The predicted molar refractivity (Wildman–Crippen MR) is 98.3 cm³/mol. The number of halogens is 3. The molecule has 158 valence electrons. The van der Waals surface area contributed by atoms with Crippen LogP contribution in [-0.4, -0.2) is 32.5 Å². The number of hydrogen-bond donors (Lipinski definition) is 1. The molecule has 1 N–H and O–H groups in total. The van der Waals surface area contributed by atoms with Crippen molar-refractivity contribution in [3.63, 3.8) is 0 Å². The lowest BCUT2D eigenvalue weighted by molar-refractivity contribution is -0.274. The van der Waals surface area contributed by atoms with Crippen molar-refractivity contribution in [1.82, 2.24) is 25.5 Å². The molecular weight excluding hydrogens is 403 g/mol. The van der Waals surface area contributed by atoms with Crippen LogP contribution in [0.3, 0.4) is 0 Å². The Balaban J connectivity index is 1.48. The smallest absolute Gasteiger partial charge is 0.485 e. The van der Waals surface area contributed by atoms with Crippen LogP contribution in [0.4, 0.5) is 13.2 Å². The highest BCUT2D eigenvalue weighted by Crippen LogP contribution is 2.24. The molecule has 0 aliphatic rings. The lowest BCUT2D eigenvalue weighted by Gasteiger charge is -2.15. The van der Waals surface area contributed by atoms with E-state index in [0.29, 0.717) is 17.1 Å². The summed E-state index contributed by atoms with van der Waals surface area (Å²) in [6, 6.07) is 13.9. The summed E-state index contributed by atoms with van der Waals surface area (Å²) < 4.78 is 46.0. The fourth-order valence-corrected chi connectivity index (χ4v) is 2.52. The Morgan fingerprint density at radius 1 is 1.10 bits per heavy atom. The number of carbonyl (C=O) groups excluding carboxylic acids is 1. The van der Waals surface area contributed by atoms with E-state index in [2.05, 4.69) is 25.5 Å². The lowest BCUT2D eigenvalue weighted by Crippen LogP contribution is -2.30. The van der Waals surface area contributed by atoms with Gasteiger partial charge in [-0.3, -0.25) is 4.79 Å². The second-order valence-corrected chi connectivity index (χ2v) is 6.24. The van der Waals surface area contributed by atoms with Gasteiger partial charge in [0.15, 0.2) is 6.61 Å². The van der Waals surface area contributed by atoms with Gasteiger partial charge in [-0.1, -0.05) is 30.3 Å². The van der Waals surface area contributed by atoms with E-state index in [1.165, 1.54) is 24.3 Å². The molecule has 30 heavy (non-hydrogen) atoms. The van der Waals surface area contributed by atoms with Gasteiger partial charge >= 0.3 is 6.36 Å². The summed E-state index contributed by atoms with van der Waals surface area (Å²) in [6.07, 6.45) is -4.75. The van der Waals surface area contributed by atoms with Gasteiger partial charge in [0.2, 0.25) is 11.7 Å². The van der Waals surface area contributed by atoms with E-state index in [9.17, 15) is 18.0 Å². The van der Waals surface area contributed by atoms with Crippen molar-refractivity contribution in [2.75, 3.05) is 0 Å². The van der Waals surface area contributed by atoms with E-state index < -0.39 is 12.4 Å². The Hall–Kier alpha value is -3.63. The van der Waals surface area contributed by atoms with E-state index in [0.717, 1.165) is 4.80 Å². The van der Waals surface area contributed by atoms with Gasteiger partial charge in [-0.15, -0.1) is 23.4 Å². The van der Waals surface area contributed by atoms with E-state index in [-0.39, 0.29) is 24.8 Å². The lowest BCUT2D eigenvalue weighted by atomic mass is 10.1. The molecular formula is C19H18F3N5O3. The number of hydrogen-bond acceptors (Lipinski definition) is 6. The first-order valence-electron chi connectivity index (χ1n) is 8.88. The second-order valence-electron chi connectivity index (χ2n) is 6.24. The van der Waals surface area contributed by atoms with Gasteiger partial charge < -0.3 is 14.8 Å². The minimum absolute atomic E-state index is 0.106. The normalized spacial score (nSPS) is 12.3. The molecule has 1 unspecified atom stereocenters. The maximum atomic E-state index is 12.2. The van der Waals surface area contributed by atoms with Crippen LogP contribution < -0.4 is 14.8 Å². The molecule has 8 nitrogen and oxygen atoms in total. The topological polar surface area (TPSA) is 91.2 Å². The van der Waals surface area contributed by atoms with Crippen molar-refractivity contribution >= 4 is 5.91 Å². The summed E-state index contributed by atoms with van der Waals surface area (Å²) in [4.78, 5) is 13.3. The first-order chi connectivity index (χ1) is 14.3. The minimum atomic E-state index is -4.75. The molecule has 0 bridgehead atoms. The summed E-state index contributed by atoms with van der Waals surface area (Å²) in [5, 5.41) is 14.4. The van der Waals surface area contributed by atoms with Crippen molar-refractivity contribution in [1.29, 1.82) is 0 Å². The zero-order valence-corrected chi connectivity index (χ0v) is 15.8. The quantitative estimate of drug-likeness (QED) is 0.601. The molecule has 0 saturated carbocycles. The van der Waals surface area contributed by atoms with Crippen LogP contribution in [-0.2, 0) is 17.9 Å². The van der Waals surface area contributed by atoms with Gasteiger partial charge in [0, 0.05) is 0 Å². The van der Waals surface area contributed by atoms with Gasteiger partial charge in [-0.25, -0.2) is 0 Å². The number of nitrogens with zero attached hydrogens (tertiary/aromatic N) is 4. The minimum Gasteiger partial charge on any atom is -0.485 e. The second kappa shape index (κ2) is 9.25. The Kier molecular flexibility index (Phi) is 6.50.